The number of hydrogen-bond acceptors (Lipinski definition) is 3. The van der Waals surface area contributed by atoms with E-state index in [1.807, 2.05) is 6.92 Å². The van der Waals surface area contributed by atoms with E-state index in [1.54, 1.807) is 11.4 Å². The highest BCUT2D eigenvalue weighted by Gasteiger charge is 2.37. The highest BCUT2D eigenvalue weighted by atomic mass is 79.9. The van der Waals surface area contributed by atoms with Crippen molar-refractivity contribution in [3.8, 4) is 0 Å². The molecule has 3 nitrogen and oxygen atoms in total. The molecular formula is C9H12BrNO2S2. The molecule has 1 aliphatic carbocycles. The summed E-state index contributed by atoms with van der Waals surface area (Å²) in [5.74, 6) is 0. The summed E-state index contributed by atoms with van der Waals surface area (Å²) in [5, 5.41) is 1.77. The summed E-state index contributed by atoms with van der Waals surface area (Å²) in [6, 6.07) is 1.75. The molecule has 0 aromatic carbocycles. The number of halogens is 1. The first-order valence-corrected chi connectivity index (χ1v) is 7.86. The average molecular weight is 310 g/mol. The van der Waals surface area contributed by atoms with Gasteiger partial charge >= 0.3 is 0 Å². The van der Waals surface area contributed by atoms with Gasteiger partial charge in [-0.2, -0.15) is 0 Å². The minimum Gasteiger partial charge on any atom is -0.206 e. The van der Waals surface area contributed by atoms with E-state index in [2.05, 4.69) is 20.7 Å². The Morgan fingerprint density at radius 1 is 1.53 bits per heavy atom. The Kier molecular flexibility index (Phi) is 2.96. The standard InChI is InChI=1S/C9H12BrNO2S2/c1-9(4-2-5-9)11-15(12,13)8-7(10)3-6-14-8/h3,6,11H,2,4-5H2,1H3. The van der Waals surface area contributed by atoms with Gasteiger partial charge in [-0.05, 0) is 53.6 Å². The van der Waals surface area contributed by atoms with Gasteiger partial charge in [0, 0.05) is 10.0 Å². The molecule has 1 aromatic rings. The van der Waals surface area contributed by atoms with Crippen LogP contribution in [0.1, 0.15) is 26.2 Å². The van der Waals surface area contributed by atoms with Crippen LogP contribution in [-0.4, -0.2) is 14.0 Å². The van der Waals surface area contributed by atoms with Gasteiger partial charge in [-0.3, -0.25) is 0 Å². The third-order valence-corrected chi connectivity index (χ3v) is 6.97. The summed E-state index contributed by atoms with van der Waals surface area (Å²) in [6.45, 7) is 1.95. The van der Waals surface area contributed by atoms with Crippen LogP contribution in [0.25, 0.3) is 0 Å². The van der Waals surface area contributed by atoms with Crippen LogP contribution in [0.15, 0.2) is 20.1 Å². The normalized spacial score (nSPS) is 19.9. The van der Waals surface area contributed by atoms with Crippen molar-refractivity contribution >= 4 is 37.3 Å². The van der Waals surface area contributed by atoms with Crippen molar-refractivity contribution in [3.63, 3.8) is 0 Å². The van der Waals surface area contributed by atoms with E-state index >= 15 is 0 Å². The Bertz CT molecular complexity index is 462. The fourth-order valence-corrected chi connectivity index (χ4v) is 5.46. The molecule has 1 aromatic heterocycles. The lowest BCUT2D eigenvalue weighted by atomic mass is 9.80. The largest absolute Gasteiger partial charge is 0.251 e. The lowest BCUT2D eigenvalue weighted by molar-refractivity contribution is 0.248. The second kappa shape index (κ2) is 3.84. The second-order valence-corrected chi connectivity index (χ2v) is 7.72. The van der Waals surface area contributed by atoms with Crippen molar-refractivity contribution in [2.24, 2.45) is 0 Å². The minimum atomic E-state index is -3.34. The van der Waals surface area contributed by atoms with Crippen molar-refractivity contribution in [2.45, 2.75) is 35.9 Å². The molecule has 0 radical (unpaired) electrons. The van der Waals surface area contributed by atoms with E-state index in [1.165, 1.54) is 11.3 Å². The van der Waals surface area contributed by atoms with Crippen molar-refractivity contribution < 1.29 is 8.42 Å². The van der Waals surface area contributed by atoms with Gasteiger partial charge in [0.1, 0.15) is 4.21 Å². The van der Waals surface area contributed by atoms with Crippen LogP contribution in [0.2, 0.25) is 0 Å². The number of nitrogens with one attached hydrogen (secondary N) is 1. The monoisotopic (exact) mass is 309 g/mol. The zero-order chi connectivity index (χ0) is 11.1. The molecule has 0 aliphatic heterocycles. The molecule has 0 atom stereocenters. The first kappa shape index (κ1) is 11.6. The third kappa shape index (κ3) is 2.27. The average Bonchev–Trinajstić information content (AvgIpc) is 2.48. The molecule has 1 aliphatic rings. The lowest BCUT2D eigenvalue weighted by Gasteiger charge is -2.38. The Morgan fingerprint density at radius 2 is 2.20 bits per heavy atom. The zero-order valence-corrected chi connectivity index (χ0v) is 11.5. The maximum Gasteiger partial charge on any atom is 0.251 e. The molecule has 0 unspecified atom stereocenters. The Balaban J connectivity index is 2.24. The Labute approximate surface area is 102 Å². The summed E-state index contributed by atoms with van der Waals surface area (Å²) >= 11 is 4.48. The van der Waals surface area contributed by atoms with Gasteiger partial charge in [-0.1, -0.05) is 0 Å². The van der Waals surface area contributed by atoms with Crippen LogP contribution in [0.3, 0.4) is 0 Å². The van der Waals surface area contributed by atoms with Gasteiger partial charge in [-0.25, -0.2) is 13.1 Å². The van der Waals surface area contributed by atoms with Crippen molar-refractivity contribution in [3.05, 3.63) is 15.9 Å². The fraction of sp³-hybridized carbons (Fsp3) is 0.556. The van der Waals surface area contributed by atoms with E-state index in [-0.39, 0.29) is 5.54 Å². The van der Waals surface area contributed by atoms with Gasteiger partial charge < -0.3 is 0 Å². The summed E-state index contributed by atoms with van der Waals surface area (Å²) in [7, 11) is -3.34. The maximum atomic E-state index is 12.0. The predicted molar refractivity (Wildman–Crippen MR) is 64.6 cm³/mol. The van der Waals surface area contributed by atoms with E-state index in [0.29, 0.717) is 8.68 Å². The SMILES string of the molecule is CC1(NS(=O)(=O)c2sccc2Br)CCC1. The molecule has 1 fully saturated rings. The van der Waals surface area contributed by atoms with Crippen LogP contribution >= 0.6 is 27.3 Å². The number of rotatable bonds is 3. The van der Waals surface area contributed by atoms with Gasteiger partial charge in [0.2, 0.25) is 0 Å². The molecule has 15 heavy (non-hydrogen) atoms. The molecule has 0 bridgehead atoms. The smallest absolute Gasteiger partial charge is 0.206 e. The van der Waals surface area contributed by atoms with Gasteiger partial charge in [-0.15, -0.1) is 11.3 Å². The van der Waals surface area contributed by atoms with E-state index < -0.39 is 10.0 Å². The highest BCUT2D eigenvalue weighted by Crippen LogP contribution is 2.35. The molecule has 0 saturated heterocycles. The topological polar surface area (TPSA) is 46.2 Å². The predicted octanol–water partition coefficient (Wildman–Crippen LogP) is 2.73. The van der Waals surface area contributed by atoms with Crippen molar-refractivity contribution in [1.29, 1.82) is 0 Å². The maximum absolute atomic E-state index is 12.0. The fourth-order valence-electron chi connectivity index (χ4n) is 1.65. The van der Waals surface area contributed by atoms with E-state index in [9.17, 15) is 8.42 Å². The first-order chi connectivity index (χ1) is 6.93. The summed E-state index contributed by atoms with van der Waals surface area (Å²) in [5.41, 5.74) is -0.234. The summed E-state index contributed by atoms with van der Waals surface area (Å²) in [6.07, 6.45) is 2.95. The van der Waals surface area contributed by atoms with Gasteiger partial charge in [0.25, 0.3) is 10.0 Å². The minimum absolute atomic E-state index is 0.234. The molecule has 1 N–H and O–H groups in total. The molecule has 1 saturated carbocycles. The molecular weight excluding hydrogens is 298 g/mol. The van der Waals surface area contributed by atoms with Crippen molar-refractivity contribution in [1.82, 2.24) is 4.72 Å². The number of thiophene rings is 1. The summed E-state index contributed by atoms with van der Waals surface area (Å²) < 4.78 is 27.8. The molecule has 0 amide bonds. The van der Waals surface area contributed by atoms with Crippen LogP contribution in [-0.2, 0) is 10.0 Å². The number of sulfonamides is 1. The zero-order valence-electron chi connectivity index (χ0n) is 8.29. The molecule has 6 heteroatoms. The second-order valence-electron chi connectivity index (χ2n) is 4.08. The van der Waals surface area contributed by atoms with E-state index in [4.69, 9.17) is 0 Å². The quantitative estimate of drug-likeness (QED) is 0.933. The molecule has 1 heterocycles. The van der Waals surface area contributed by atoms with Crippen molar-refractivity contribution in [2.75, 3.05) is 0 Å². The van der Waals surface area contributed by atoms with E-state index in [0.717, 1.165) is 19.3 Å². The Hall–Kier alpha value is 0.0900. The van der Waals surface area contributed by atoms with Crippen LogP contribution < -0.4 is 4.72 Å². The van der Waals surface area contributed by atoms with Gasteiger partial charge in [0.05, 0.1) is 0 Å². The first-order valence-electron chi connectivity index (χ1n) is 4.70. The summed E-state index contributed by atoms with van der Waals surface area (Å²) in [4.78, 5) is 0. The van der Waals surface area contributed by atoms with Crippen LogP contribution in [0, 0.1) is 0 Å². The highest BCUT2D eigenvalue weighted by molar-refractivity contribution is 9.10. The molecule has 2 rings (SSSR count). The molecule has 84 valence electrons. The lowest BCUT2D eigenvalue weighted by Crippen LogP contribution is -2.50. The Morgan fingerprint density at radius 3 is 2.60 bits per heavy atom. The van der Waals surface area contributed by atoms with Gasteiger partial charge in [0.15, 0.2) is 0 Å². The third-order valence-electron chi connectivity index (χ3n) is 2.67. The molecule has 0 spiro atoms. The van der Waals surface area contributed by atoms with Crippen LogP contribution in [0.5, 0.6) is 0 Å². The van der Waals surface area contributed by atoms with Crippen LogP contribution in [0.4, 0.5) is 0 Å². The number of hydrogen-bond donors (Lipinski definition) is 1.